The highest BCUT2D eigenvalue weighted by Gasteiger charge is 2.05. The van der Waals surface area contributed by atoms with Gasteiger partial charge in [0, 0.05) is 25.0 Å². The van der Waals surface area contributed by atoms with Gasteiger partial charge in [-0.05, 0) is 35.0 Å². The van der Waals surface area contributed by atoms with E-state index in [0.717, 1.165) is 5.57 Å². The first-order chi connectivity index (χ1) is 10.7. The van der Waals surface area contributed by atoms with E-state index in [1.165, 1.54) is 6.20 Å². The first-order valence-electron chi connectivity index (χ1n) is 6.78. The third-order valence-electron chi connectivity index (χ3n) is 3.06. The summed E-state index contributed by atoms with van der Waals surface area (Å²) in [5.74, 6) is -0.435. The molecule has 0 saturated carbocycles. The lowest BCUT2D eigenvalue weighted by Crippen LogP contribution is -3.00. The van der Waals surface area contributed by atoms with Gasteiger partial charge in [0.05, 0.1) is 6.20 Å². The van der Waals surface area contributed by atoms with Crippen LogP contribution in [-0.2, 0) is 6.54 Å². The van der Waals surface area contributed by atoms with Gasteiger partial charge in [-0.25, -0.2) is 4.57 Å². The second-order valence-corrected chi connectivity index (χ2v) is 4.69. The van der Waals surface area contributed by atoms with Gasteiger partial charge >= 0.3 is 0 Å². The molecule has 2 heterocycles. The Bertz CT molecular complexity index is 664. The molecule has 2 rings (SSSR count). The number of allylic oxidation sites excluding steroid dienone is 4. The first kappa shape index (κ1) is 18.5. The molecule has 0 saturated heterocycles. The van der Waals surface area contributed by atoms with Crippen molar-refractivity contribution in [3.05, 3.63) is 83.5 Å². The van der Waals surface area contributed by atoms with Gasteiger partial charge in [0.15, 0.2) is 18.9 Å². The van der Waals surface area contributed by atoms with E-state index in [1.54, 1.807) is 18.3 Å². The highest BCUT2D eigenvalue weighted by Crippen LogP contribution is 2.09. The zero-order valence-corrected chi connectivity index (χ0v) is 14.0. The van der Waals surface area contributed by atoms with Gasteiger partial charge in [0.25, 0.3) is 5.91 Å². The Kier molecular flexibility index (Phi) is 7.62. The fourth-order valence-corrected chi connectivity index (χ4v) is 1.91. The number of nitrogens with zero attached hydrogens (tertiary/aromatic N) is 3. The molecule has 1 aliphatic rings. The summed E-state index contributed by atoms with van der Waals surface area (Å²) in [7, 11) is 0. The van der Waals surface area contributed by atoms with Gasteiger partial charge in [-0.15, -0.1) is 4.91 Å². The molecule has 0 fully saturated rings. The van der Waals surface area contributed by atoms with Crippen LogP contribution in [-0.4, -0.2) is 17.4 Å². The van der Waals surface area contributed by atoms with Crippen LogP contribution in [0.4, 0.5) is 0 Å². The smallest absolute Gasteiger partial charge is 0.254 e. The first-order valence-corrected chi connectivity index (χ1v) is 6.78. The van der Waals surface area contributed by atoms with Crippen molar-refractivity contribution in [3.8, 4) is 0 Å². The maximum absolute atomic E-state index is 11.1. The van der Waals surface area contributed by atoms with E-state index in [0.29, 0.717) is 18.7 Å². The highest BCUT2D eigenvalue weighted by molar-refractivity contribution is 5.92. The number of nitroso groups, excluding NO2 is 1. The van der Waals surface area contributed by atoms with Crippen molar-refractivity contribution in [2.24, 2.45) is 10.9 Å². The molecule has 2 N–H and O–H groups in total. The van der Waals surface area contributed by atoms with Crippen LogP contribution in [0.25, 0.3) is 0 Å². The van der Waals surface area contributed by atoms with Gasteiger partial charge in [0.1, 0.15) is 5.56 Å². The number of hydrogen-bond acceptors (Lipinski definition) is 4. The van der Waals surface area contributed by atoms with Crippen LogP contribution in [0.3, 0.4) is 0 Å². The number of rotatable bonds is 6. The van der Waals surface area contributed by atoms with Crippen LogP contribution >= 0.6 is 0 Å². The number of hydrogen-bond donors (Lipinski definition) is 1. The third-order valence-corrected chi connectivity index (χ3v) is 3.06. The number of amides is 1. The van der Waals surface area contributed by atoms with Crippen LogP contribution in [0.5, 0.6) is 0 Å². The molecule has 6 nitrogen and oxygen atoms in total. The number of aromatic nitrogens is 1. The normalized spacial score (nSPS) is 13.0. The SMILES string of the molecule is NC(=O)c1ccc[n+](C/C=C/CN2C=CC(=CN=O)C=C2)c1.[Br-]. The molecule has 120 valence electrons. The summed E-state index contributed by atoms with van der Waals surface area (Å²) in [5.41, 5.74) is 6.50. The van der Waals surface area contributed by atoms with E-state index in [4.69, 9.17) is 5.73 Å². The maximum atomic E-state index is 11.1. The van der Waals surface area contributed by atoms with Crippen molar-refractivity contribution < 1.29 is 26.3 Å². The second-order valence-electron chi connectivity index (χ2n) is 4.69. The van der Waals surface area contributed by atoms with Crippen LogP contribution in [0.15, 0.2) is 78.2 Å². The fraction of sp³-hybridized carbons (Fsp3) is 0.125. The maximum Gasteiger partial charge on any atom is 0.254 e. The zero-order valence-electron chi connectivity index (χ0n) is 12.4. The molecule has 7 heteroatoms. The minimum absolute atomic E-state index is 0. The van der Waals surface area contributed by atoms with Crippen molar-refractivity contribution in [1.82, 2.24) is 4.90 Å². The van der Waals surface area contributed by atoms with Crippen LogP contribution in [0.2, 0.25) is 0 Å². The molecule has 0 aromatic carbocycles. The monoisotopic (exact) mass is 376 g/mol. The van der Waals surface area contributed by atoms with Gasteiger partial charge in [-0.3, -0.25) is 4.79 Å². The molecule has 1 aromatic rings. The van der Waals surface area contributed by atoms with Crippen molar-refractivity contribution in [2.45, 2.75) is 6.54 Å². The van der Waals surface area contributed by atoms with E-state index >= 15 is 0 Å². The predicted octanol–water partition coefficient (Wildman–Crippen LogP) is -1.37. The number of primary amides is 1. The molecule has 0 spiro atoms. The molecule has 0 atom stereocenters. The molecule has 0 unspecified atom stereocenters. The lowest BCUT2D eigenvalue weighted by molar-refractivity contribution is -0.687. The van der Waals surface area contributed by atoms with Crippen LogP contribution < -0.4 is 27.3 Å². The Morgan fingerprint density at radius 2 is 2.04 bits per heavy atom. The zero-order chi connectivity index (χ0) is 15.8. The van der Waals surface area contributed by atoms with Crippen molar-refractivity contribution in [2.75, 3.05) is 6.54 Å². The standard InChI is InChI=1S/C16H16N4O2.BrH/c17-16(21)15-4-3-9-20(13-15)8-2-1-7-19-10-5-14(6-11-19)12-18-22;/h1-6,9-13H,7-8H2,(H-,17,21);1H/b2-1+;. The number of carbonyl (C=O) groups is 1. The van der Waals surface area contributed by atoms with E-state index in [-0.39, 0.29) is 17.0 Å². The van der Waals surface area contributed by atoms with Crippen molar-refractivity contribution in [1.29, 1.82) is 0 Å². The van der Waals surface area contributed by atoms with Gasteiger partial charge < -0.3 is 27.6 Å². The lowest BCUT2D eigenvalue weighted by Gasteiger charge is -2.15. The molecule has 0 bridgehead atoms. The Morgan fingerprint density at radius 1 is 1.30 bits per heavy atom. The topological polar surface area (TPSA) is 79.6 Å². The van der Waals surface area contributed by atoms with E-state index < -0.39 is 5.91 Å². The Morgan fingerprint density at radius 3 is 2.70 bits per heavy atom. The molecular formula is C16H17BrN4O2. The van der Waals surface area contributed by atoms with Gasteiger partial charge in [-0.2, -0.15) is 0 Å². The van der Waals surface area contributed by atoms with E-state index in [9.17, 15) is 9.70 Å². The molecule has 1 amide bonds. The summed E-state index contributed by atoms with van der Waals surface area (Å²) in [6.45, 7) is 1.37. The largest absolute Gasteiger partial charge is 1.00 e. The Labute approximate surface area is 145 Å². The predicted molar refractivity (Wildman–Crippen MR) is 83.2 cm³/mol. The molecule has 23 heavy (non-hydrogen) atoms. The number of carbonyl (C=O) groups excluding carboxylic acids is 1. The van der Waals surface area contributed by atoms with Crippen LogP contribution in [0, 0.1) is 4.91 Å². The molecule has 0 radical (unpaired) electrons. The molecule has 1 aliphatic heterocycles. The Hall–Kier alpha value is -2.54. The summed E-state index contributed by atoms with van der Waals surface area (Å²) in [4.78, 5) is 23.2. The third kappa shape index (κ3) is 5.99. The summed E-state index contributed by atoms with van der Waals surface area (Å²) in [6.07, 6.45) is 16.3. The van der Waals surface area contributed by atoms with E-state index in [1.807, 2.05) is 52.4 Å². The highest BCUT2D eigenvalue weighted by atomic mass is 79.9. The number of nitrogens with two attached hydrogens (primary N) is 1. The fourth-order valence-electron chi connectivity index (χ4n) is 1.91. The van der Waals surface area contributed by atoms with Crippen molar-refractivity contribution >= 4 is 5.91 Å². The average molecular weight is 377 g/mol. The summed E-state index contributed by atoms with van der Waals surface area (Å²) in [5, 5.41) is 2.73. The Balaban J connectivity index is 0.00000264. The number of pyridine rings is 1. The minimum atomic E-state index is -0.435. The molecular weight excluding hydrogens is 360 g/mol. The van der Waals surface area contributed by atoms with Crippen molar-refractivity contribution in [3.63, 3.8) is 0 Å². The van der Waals surface area contributed by atoms with E-state index in [2.05, 4.69) is 5.18 Å². The van der Waals surface area contributed by atoms with Gasteiger partial charge in [0.2, 0.25) is 0 Å². The van der Waals surface area contributed by atoms with Crippen LogP contribution in [0.1, 0.15) is 10.4 Å². The molecule has 0 aliphatic carbocycles. The number of halogens is 1. The summed E-state index contributed by atoms with van der Waals surface area (Å²) in [6, 6.07) is 3.48. The lowest BCUT2D eigenvalue weighted by atomic mass is 10.2. The van der Waals surface area contributed by atoms with Gasteiger partial charge in [-0.1, -0.05) is 6.08 Å². The second kappa shape index (κ2) is 9.47. The average Bonchev–Trinajstić information content (AvgIpc) is 2.54. The quantitative estimate of drug-likeness (QED) is 0.377. The minimum Gasteiger partial charge on any atom is -1.00 e. The summed E-state index contributed by atoms with van der Waals surface area (Å²) < 4.78 is 1.88. The molecule has 1 aromatic heterocycles. The summed E-state index contributed by atoms with van der Waals surface area (Å²) >= 11 is 0.